The van der Waals surface area contributed by atoms with Crippen LogP contribution in [0.5, 0.6) is 0 Å². The normalized spacial score (nSPS) is 14.7. The fourth-order valence-corrected chi connectivity index (χ4v) is 6.31. The van der Waals surface area contributed by atoms with Gasteiger partial charge in [0.05, 0.1) is 22.5 Å². The Morgan fingerprint density at radius 2 is 1.61 bits per heavy atom. The molecule has 0 bridgehead atoms. The van der Waals surface area contributed by atoms with E-state index in [4.69, 9.17) is 11.6 Å². The number of alkyl halides is 3. The van der Waals surface area contributed by atoms with Gasteiger partial charge in [0.1, 0.15) is 18.4 Å². The molecule has 1 saturated carbocycles. The molecule has 4 rings (SSSR count). The molecule has 3 aromatic rings. The minimum Gasteiger partial charge on any atom is -0.352 e. The maximum atomic E-state index is 14.1. The fourth-order valence-electron chi connectivity index (χ4n) is 5.18. The molecular formula is C31H32ClF4N3O4S. The van der Waals surface area contributed by atoms with E-state index in [1.165, 1.54) is 29.2 Å². The van der Waals surface area contributed by atoms with Gasteiger partial charge in [-0.25, -0.2) is 12.8 Å². The summed E-state index contributed by atoms with van der Waals surface area (Å²) in [6.07, 6.45) is -0.580. The van der Waals surface area contributed by atoms with Crippen LogP contribution in [-0.2, 0) is 38.8 Å². The van der Waals surface area contributed by atoms with Gasteiger partial charge in [-0.15, -0.1) is 0 Å². The van der Waals surface area contributed by atoms with E-state index in [-0.39, 0.29) is 24.0 Å². The summed E-state index contributed by atoms with van der Waals surface area (Å²) in [4.78, 5) is 29.1. The number of benzene rings is 3. The SMILES string of the molecule is CS(=O)(=O)N(CC(=O)N(Cc1ccc(F)cc1)[C@H](Cc1ccccc1)C(=O)NC1CCCC1)c1cc(C(F)(F)F)ccc1Cl. The molecule has 0 aliphatic heterocycles. The Morgan fingerprint density at radius 3 is 2.20 bits per heavy atom. The molecule has 44 heavy (non-hydrogen) atoms. The van der Waals surface area contributed by atoms with E-state index in [9.17, 15) is 35.6 Å². The highest BCUT2D eigenvalue weighted by molar-refractivity contribution is 7.92. The third-order valence-corrected chi connectivity index (χ3v) is 8.91. The van der Waals surface area contributed by atoms with Crippen LogP contribution in [0.25, 0.3) is 0 Å². The van der Waals surface area contributed by atoms with E-state index in [1.54, 1.807) is 30.3 Å². The van der Waals surface area contributed by atoms with Crippen LogP contribution in [0, 0.1) is 5.82 Å². The standard InChI is InChI=1S/C31H32ClF4N3O4S/c1-44(42,43)39(27-18-23(31(34,35)36)13-16-26(27)32)20-29(40)38(19-22-11-14-24(33)15-12-22)28(17-21-7-3-2-4-8-21)30(41)37-25-9-5-6-10-25/h2-4,7-8,11-16,18,25,28H,5-6,9-10,17,19-20H2,1H3,(H,37,41)/t28-/m1/s1. The summed E-state index contributed by atoms with van der Waals surface area (Å²) >= 11 is 6.17. The van der Waals surface area contributed by atoms with Gasteiger partial charge in [-0.1, -0.05) is 66.9 Å². The van der Waals surface area contributed by atoms with Crippen LogP contribution in [0.3, 0.4) is 0 Å². The average molecular weight is 654 g/mol. The highest BCUT2D eigenvalue weighted by Crippen LogP contribution is 2.36. The predicted molar refractivity (Wildman–Crippen MR) is 160 cm³/mol. The molecule has 13 heteroatoms. The molecule has 1 aliphatic rings. The smallest absolute Gasteiger partial charge is 0.352 e. The number of nitrogens with one attached hydrogen (secondary N) is 1. The van der Waals surface area contributed by atoms with Crippen molar-refractivity contribution in [1.29, 1.82) is 0 Å². The molecule has 0 radical (unpaired) electrons. The van der Waals surface area contributed by atoms with Gasteiger partial charge in [-0.3, -0.25) is 13.9 Å². The van der Waals surface area contributed by atoms with Crippen LogP contribution in [0.1, 0.15) is 42.4 Å². The molecule has 1 aliphatic carbocycles. The molecule has 3 aromatic carbocycles. The number of sulfonamides is 1. The molecular weight excluding hydrogens is 622 g/mol. The summed E-state index contributed by atoms with van der Waals surface area (Å²) in [6, 6.07) is 15.1. The first-order valence-electron chi connectivity index (χ1n) is 13.9. The second-order valence-corrected chi connectivity index (χ2v) is 13.1. The molecule has 0 heterocycles. The van der Waals surface area contributed by atoms with Gasteiger partial charge < -0.3 is 10.2 Å². The lowest BCUT2D eigenvalue weighted by atomic mass is 10.0. The van der Waals surface area contributed by atoms with E-state index in [0.717, 1.165) is 43.6 Å². The number of carbonyl (C=O) groups is 2. The number of nitrogens with zero attached hydrogens (tertiary/aromatic N) is 2. The van der Waals surface area contributed by atoms with Gasteiger partial charge in [0, 0.05) is 19.0 Å². The van der Waals surface area contributed by atoms with Crippen molar-refractivity contribution in [1.82, 2.24) is 10.2 Å². The first-order valence-corrected chi connectivity index (χ1v) is 16.2. The molecule has 0 saturated heterocycles. The van der Waals surface area contributed by atoms with Crippen LogP contribution in [-0.4, -0.2) is 50.0 Å². The first kappa shape index (κ1) is 33.3. The maximum absolute atomic E-state index is 14.1. The van der Waals surface area contributed by atoms with E-state index in [0.29, 0.717) is 22.0 Å². The molecule has 2 amide bonds. The van der Waals surface area contributed by atoms with Crippen molar-refractivity contribution in [3.63, 3.8) is 0 Å². The van der Waals surface area contributed by atoms with Crippen LogP contribution >= 0.6 is 11.6 Å². The number of carbonyl (C=O) groups excluding carboxylic acids is 2. The highest BCUT2D eigenvalue weighted by Gasteiger charge is 2.36. The van der Waals surface area contributed by atoms with Crippen LogP contribution in [0.15, 0.2) is 72.8 Å². The number of rotatable bonds is 11. The van der Waals surface area contributed by atoms with Gasteiger partial charge >= 0.3 is 6.18 Å². The van der Waals surface area contributed by atoms with Crippen molar-refractivity contribution in [3.05, 3.63) is 100 Å². The fraction of sp³-hybridized carbons (Fsp3) is 0.355. The zero-order valence-corrected chi connectivity index (χ0v) is 25.4. The summed E-state index contributed by atoms with van der Waals surface area (Å²) in [5.41, 5.74) is -0.514. The molecule has 0 spiro atoms. The van der Waals surface area contributed by atoms with Crippen molar-refractivity contribution >= 4 is 39.1 Å². The van der Waals surface area contributed by atoms with Crippen molar-refractivity contribution < 1.29 is 35.6 Å². The Hall–Kier alpha value is -3.64. The lowest BCUT2D eigenvalue weighted by Gasteiger charge is -2.34. The second kappa shape index (κ2) is 14.0. The summed E-state index contributed by atoms with van der Waals surface area (Å²) < 4.78 is 80.7. The summed E-state index contributed by atoms with van der Waals surface area (Å²) in [6.45, 7) is -1.15. The number of amides is 2. The largest absolute Gasteiger partial charge is 0.416 e. The number of anilines is 1. The molecule has 0 aromatic heterocycles. The Labute approximate surface area is 258 Å². The Kier molecular flexibility index (Phi) is 10.6. The minimum absolute atomic E-state index is 0.0650. The first-order chi connectivity index (χ1) is 20.7. The van der Waals surface area contributed by atoms with Crippen molar-refractivity contribution in [3.8, 4) is 0 Å². The van der Waals surface area contributed by atoms with E-state index in [1.807, 2.05) is 0 Å². The molecule has 7 nitrogen and oxygen atoms in total. The third-order valence-electron chi connectivity index (χ3n) is 7.46. The molecule has 1 atom stereocenters. The van der Waals surface area contributed by atoms with Gasteiger partial charge in [0.25, 0.3) is 0 Å². The lowest BCUT2D eigenvalue weighted by molar-refractivity contribution is -0.140. The lowest BCUT2D eigenvalue weighted by Crippen LogP contribution is -2.54. The monoisotopic (exact) mass is 653 g/mol. The van der Waals surface area contributed by atoms with Crippen molar-refractivity contribution in [2.45, 2.75) is 56.9 Å². The van der Waals surface area contributed by atoms with Crippen molar-refractivity contribution in [2.24, 2.45) is 0 Å². The Bertz CT molecular complexity index is 1560. The zero-order valence-electron chi connectivity index (χ0n) is 23.9. The number of halogens is 5. The van der Waals surface area contributed by atoms with Gasteiger partial charge in [-0.2, -0.15) is 13.2 Å². The topological polar surface area (TPSA) is 86.8 Å². The maximum Gasteiger partial charge on any atom is 0.416 e. The van der Waals surface area contributed by atoms with Crippen LogP contribution in [0.2, 0.25) is 5.02 Å². The van der Waals surface area contributed by atoms with Gasteiger partial charge in [-0.05, 0) is 54.3 Å². The van der Waals surface area contributed by atoms with Crippen molar-refractivity contribution in [2.75, 3.05) is 17.1 Å². The van der Waals surface area contributed by atoms with Crippen LogP contribution in [0.4, 0.5) is 23.2 Å². The zero-order chi connectivity index (χ0) is 32.1. The second-order valence-electron chi connectivity index (χ2n) is 10.8. The van der Waals surface area contributed by atoms with Gasteiger partial charge in [0.2, 0.25) is 21.8 Å². The minimum atomic E-state index is -4.81. The molecule has 0 unspecified atom stereocenters. The van der Waals surface area contributed by atoms with Gasteiger partial charge in [0.15, 0.2) is 0 Å². The summed E-state index contributed by atoms with van der Waals surface area (Å²) in [5, 5.41) is 2.69. The molecule has 1 N–H and O–H groups in total. The van der Waals surface area contributed by atoms with Crippen LogP contribution < -0.4 is 9.62 Å². The Balaban J connectivity index is 1.76. The Morgan fingerprint density at radius 1 is 0.977 bits per heavy atom. The highest BCUT2D eigenvalue weighted by atomic mass is 35.5. The van der Waals surface area contributed by atoms with E-state index >= 15 is 0 Å². The third kappa shape index (κ3) is 8.72. The molecule has 236 valence electrons. The molecule has 1 fully saturated rings. The van der Waals surface area contributed by atoms with E-state index < -0.39 is 57.7 Å². The summed E-state index contributed by atoms with van der Waals surface area (Å²) in [5.74, 6) is -1.84. The van der Waals surface area contributed by atoms with E-state index in [2.05, 4.69) is 5.32 Å². The summed E-state index contributed by atoms with van der Waals surface area (Å²) in [7, 11) is -4.35. The number of hydrogen-bond acceptors (Lipinski definition) is 4. The average Bonchev–Trinajstić information content (AvgIpc) is 3.47. The number of hydrogen-bond donors (Lipinski definition) is 1. The quantitative estimate of drug-likeness (QED) is 0.259. The predicted octanol–water partition coefficient (Wildman–Crippen LogP) is 5.96.